The fraction of sp³-hybridized carbons (Fsp3) is 0.143. The molecule has 6 nitrogen and oxygen atoms in total. The summed E-state index contributed by atoms with van der Waals surface area (Å²) in [5.74, 6) is -0.692. The topological polar surface area (TPSA) is 75.2 Å². The second-order valence-electron chi connectivity index (χ2n) is 6.42. The van der Waals surface area contributed by atoms with E-state index in [1.807, 2.05) is 0 Å². The van der Waals surface area contributed by atoms with Crippen LogP contribution in [-0.4, -0.2) is 21.8 Å². The van der Waals surface area contributed by atoms with E-state index in [9.17, 15) is 18.4 Å². The molecule has 0 saturated carbocycles. The summed E-state index contributed by atoms with van der Waals surface area (Å²) in [6, 6.07) is 10.5. The Morgan fingerprint density at radius 2 is 1.74 bits per heavy atom. The van der Waals surface area contributed by atoms with Gasteiger partial charge in [-0.05, 0) is 35.9 Å². The maximum atomic E-state index is 13.0. The van der Waals surface area contributed by atoms with E-state index in [1.54, 1.807) is 18.2 Å². The third-order valence-corrected chi connectivity index (χ3v) is 4.93. The number of carbonyl (C=O) groups is 2. The predicted molar refractivity (Wildman–Crippen MR) is 115 cm³/mol. The Balaban J connectivity index is 1.85. The lowest BCUT2D eigenvalue weighted by molar-refractivity contribution is -0.116. The Morgan fingerprint density at radius 3 is 2.39 bits per heavy atom. The van der Waals surface area contributed by atoms with Crippen molar-refractivity contribution in [3.05, 3.63) is 76.2 Å². The number of hydrogen-bond acceptors (Lipinski definition) is 4. The van der Waals surface area contributed by atoms with Crippen molar-refractivity contribution in [3.63, 3.8) is 0 Å². The number of benzene rings is 1. The third-order valence-electron chi connectivity index (χ3n) is 4.22. The molecule has 1 aromatic carbocycles. The van der Waals surface area contributed by atoms with Crippen molar-refractivity contribution in [1.82, 2.24) is 9.97 Å². The monoisotopic (exact) mass is 464 g/mol. The van der Waals surface area contributed by atoms with Crippen molar-refractivity contribution in [2.45, 2.75) is 19.8 Å². The lowest BCUT2D eigenvalue weighted by atomic mass is 10.1. The molecule has 0 saturated heterocycles. The molecule has 2 amide bonds. The number of carbonyl (C=O) groups excluding carboxylic acids is 2. The van der Waals surface area contributed by atoms with Crippen molar-refractivity contribution >= 4 is 52.2 Å². The molecule has 0 spiro atoms. The minimum Gasteiger partial charge on any atom is -0.326 e. The van der Waals surface area contributed by atoms with Crippen LogP contribution in [0.4, 0.5) is 26.0 Å². The van der Waals surface area contributed by atoms with Crippen molar-refractivity contribution in [2.75, 3.05) is 10.2 Å². The number of nitrogens with zero attached hydrogens (tertiary/aromatic N) is 3. The number of halogens is 4. The van der Waals surface area contributed by atoms with Crippen LogP contribution in [0.25, 0.3) is 0 Å². The highest BCUT2D eigenvalue weighted by Gasteiger charge is 2.19. The number of amides is 2. The molecule has 0 fully saturated rings. The van der Waals surface area contributed by atoms with E-state index in [2.05, 4.69) is 15.3 Å². The highest BCUT2D eigenvalue weighted by Crippen LogP contribution is 2.29. The summed E-state index contributed by atoms with van der Waals surface area (Å²) in [6.45, 7) is 1.27. The van der Waals surface area contributed by atoms with Gasteiger partial charge in [0.25, 0.3) is 6.43 Å². The molecule has 1 N–H and O–H groups in total. The zero-order chi connectivity index (χ0) is 22.5. The summed E-state index contributed by atoms with van der Waals surface area (Å²) in [6.07, 6.45) is -0.275. The van der Waals surface area contributed by atoms with Crippen LogP contribution in [0.1, 0.15) is 24.6 Å². The second-order valence-corrected chi connectivity index (χ2v) is 7.24. The average molecular weight is 465 g/mol. The zero-order valence-electron chi connectivity index (χ0n) is 16.2. The van der Waals surface area contributed by atoms with E-state index in [0.29, 0.717) is 21.3 Å². The maximum absolute atomic E-state index is 13.0. The quantitative estimate of drug-likeness (QED) is 0.515. The van der Waals surface area contributed by atoms with Crippen LogP contribution in [0.2, 0.25) is 10.0 Å². The van der Waals surface area contributed by atoms with Crippen LogP contribution in [0.15, 0.2) is 54.9 Å². The molecular weight excluding hydrogens is 449 g/mol. The highest BCUT2D eigenvalue weighted by atomic mass is 35.5. The van der Waals surface area contributed by atoms with Gasteiger partial charge in [-0.15, -0.1) is 0 Å². The number of hydrogen-bond donors (Lipinski definition) is 1. The largest absolute Gasteiger partial charge is 0.326 e. The van der Waals surface area contributed by atoms with E-state index >= 15 is 0 Å². The summed E-state index contributed by atoms with van der Waals surface area (Å²) in [5, 5.41) is 3.43. The molecule has 0 aliphatic rings. The molecule has 160 valence electrons. The summed E-state index contributed by atoms with van der Waals surface area (Å²) in [4.78, 5) is 33.6. The lowest BCUT2D eigenvalue weighted by Gasteiger charge is -2.21. The van der Waals surface area contributed by atoms with Crippen molar-refractivity contribution in [1.29, 1.82) is 0 Å². The van der Waals surface area contributed by atoms with Gasteiger partial charge in [0.05, 0.1) is 12.1 Å². The van der Waals surface area contributed by atoms with Crippen LogP contribution >= 0.6 is 23.2 Å². The van der Waals surface area contributed by atoms with Gasteiger partial charge < -0.3 is 5.32 Å². The van der Waals surface area contributed by atoms with Crippen LogP contribution < -0.4 is 10.2 Å². The highest BCUT2D eigenvalue weighted by molar-refractivity contribution is 6.36. The van der Waals surface area contributed by atoms with Crippen molar-refractivity contribution < 1.29 is 18.4 Å². The molecular formula is C21H16Cl2F2N4O2. The van der Waals surface area contributed by atoms with Crippen LogP contribution in [0, 0.1) is 0 Å². The minimum absolute atomic E-state index is 0.0608. The molecule has 3 aromatic rings. The Kier molecular flexibility index (Phi) is 7.14. The van der Waals surface area contributed by atoms with Gasteiger partial charge in [0.15, 0.2) is 0 Å². The summed E-state index contributed by atoms with van der Waals surface area (Å²) < 4.78 is 26.0. The van der Waals surface area contributed by atoms with Gasteiger partial charge in [-0.25, -0.2) is 13.8 Å². The van der Waals surface area contributed by atoms with Gasteiger partial charge in [-0.3, -0.25) is 19.5 Å². The van der Waals surface area contributed by atoms with Gasteiger partial charge in [-0.1, -0.05) is 29.3 Å². The molecule has 2 heterocycles. The number of anilines is 3. The van der Waals surface area contributed by atoms with E-state index in [4.69, 9.17) is 23.2 Å². The zero-order valence-corrected chi connectivity index (χ0v) is 17.7. The molecule has 10 heteroatoms. The summed E-state index contributed by atoms with van der Waals surface area (Å²) >= 11 is 12.2. The van der Waals surface area contributed by atoms with E-state index < -0.39 is 18.0 Å². The summed E-state index contributed by atoms with van der Waals surface area (Å²) in [5.41, 5.74) is 0.549. The Labute approximate surface area is 186 Å². The minimum atomic E-state index is -2.79. The second kappa shape index (κ2) is 9.80. The van der Waals surface area contributed by atoms with E-state index in [-0.39, 0.29) is 23.8 Å². The molecule has 31 heavy (non-hydrogen) atoms. The first-order valence-corrected chi connectivity index (χ1v) is 9.75. The van der Waals surface area contributed by atoms with Gasteiger partial charge >= 0.3 is 0 Å². The van der Waals surface area contributed by atoms with Crippen LogP contribution in [0.3, 0.4) is 0 Å². The normalized spacial score (nSPS) is 10.8. The van der Waals surface area contributed by atoms with Gasteiger partial charge in [0, 0.05) is 41.1 Å². The maximum Gasteiger partial charge on any atom is 0.280 e. The molecule has 0 unspecified atom stereocenters. The Hall–Kier alpha value is -3.10. The molecule has 2 aromatic heterocycles. The fourth-order valence-corrected chi connectivity index (χ4v) is 3.39. The van der Waals surface area contributed by atoms with Crippen LogP contribution in [-0.2, 0) is 16.0 Å². The molecule has 0 atom stereocenters. The Bertz CT molecular complexity index is 1110. The smallest absolute Gasteiger partial charge is 0.280 e. The molecule has 0 aliphatic carbocycles. The molecule has 0 aliphatic heterocycles. The van der Waals surface area contributed by atoms with Crippen LogP contribution in [0.5, 0.6) is 0 Å². The van der Waals surface area contributed by atoms with Gasteiger partial charge in [0.2, 0.25) is 11.8 Å². The first kappa shape index (κ1) is 22.6. The first-order valence-electron chi connectivity index (χ1n) is 9.00. The SMILES string of the molecule is CC(=O)N(c1ccnc(C(F)F)c1)c1cc(NC(=O)Cc2c(Cl)cccc2Cl)ccn1. The average Bonchev–Trinajstić information content (AvgIpc) is 2.71. The Morgan fingerprint density at radius 1 is 1.06 bits per heavy atom. The van der Waals surface area contributed by atoms with E-state index in [0.717, 1.165) is 11.0 Å². The fourth-order valence-electron chi connectivity index (χ4n) is 2.86. The number of rotatable bonds is 6. The lowest BCUT2D eigenvalue weighted by Crippen LogP contribution is -2.24. The van der Waals surface area contributed by atoms with Gasteiger partial charge in [-0.2, -0.15) is 0 Å². The number of nitrogens with one attached hydrogen (secondary N) is 1. The van der Waals surface area contributed by atoms with Gasteiger partial charge in [0.1, 0.15) is 11.5 Å². The first-order chi connectivity index (χ1) is 14.8. The molecule has 0 bridgehead atoms. The third kappa shape index (κ3) is 5.53. The summed E-state index contributed by atoms with van der Waals surface area (Å²) in [7, 11) is 0. The van der Waals surface area contributed by atoms with E-state index in [1.165, 1.54) is 37.5 Å². The van der Waals surface area contributed by atoms with Crippen molar-refractivity contribution in [2.24, 2.45) is 0 Å². The molecule has 3 rings (SSSR count). The number of aromatic nitrogens is 2. The van der Waals surface area contributed by atoms with Crippen molar-refractivity contribution in [3.8, 4) is 0 Å². The standard InChI is InChI=1S/C21H16Cl2F2N4O2/c1-12(30)29(14-6-8-26-18(10-14)21(24)25)19-9-13(5-7-27-19)28-20(31)11-15-16(22)3-2-4-17(15)23/h2-10,21H,11H2,1H3,(H,27,28,31). The predicted octanol–water partition coefficient (Wildman–Crippen LogP) is 5.59. The molecule has 0 radical (unpaired) electrons. The number of pyridine rings is 2. The number of alkyl halides is 2.